The smallest absolute Gasteiger partial charge is 0.323 e. The summed E-state index contributed by atoms with van der Waals surface area (Å²) in [5.41, 5.74) is 0.955. The lowest BCUT2D eigenvalue weighted by Gasteiger charge is -2.10. The second-order valence-corrected chi connectivity index (χ2v) is 7.43. The zero-order valence-electron chi connectivity index (χ0n) is 13.0. The summed E-state index contributed by atoms with van der Waals surface area (Å²) in [7, 11) is 0. The molecule has 4 heterocycles. The van der Waals surface area contributed by atoms with E-state index in [0.717, 1.165) is 41.5 Å². The Kier molecular flexibility index (Phi) is 4.27. The number of hydrogen-bond donors (Lipinski definition) is 0. The Morgan fingerprint density at radius 3 is 2.83 bits per heavy atom. The highest BCUT2D eigenvalue weighted by Gasteiger charge is 2.17. The van der Waals surface area contributed by atoms with Gasteiger partial charge in [-0.05, 0) is 37.1 Å². The van der Waals surface area contributed by atoms with E-state index in [9.17, 15) is 4.79 Å². The van der Waals surface area contributed by atoms with Gasteiger partial charge in [0.05, 0.1) is 10.6 Å². The van der Waals surface area contributed by atoms with Crippen LogP contribution in [-0.4, -0.2) is 33.6 Å². The number of pyridine rings is 1. The van der Waals surface area contributed by atoms with Crippen molar-refractivity contribution >= 4 is 28.7 Å². The number of thiazole rings is 1. The average molecular weight is 356 g/mol. The van der Waals surface area contributed by atoms with E-state index in [1.807, 2.05) is 45.3 Å². The van der Waals surface area contributed by atoms with Crippen LogP contribution >= 0.6 is 22.7 Å². The first kappa shape index (κ1) is 15.3. The molecule has 0 aliphatic carbocycles. The molecular formula is C17H16N4OS2. The molecule has 1 saturated heterocycles. The van der Waals surface area contributed by atoms with Gasteiger partial charge in [-0.3, -0.25) is 9.55 Å². The van der Waals surface area contributed by atoms with E-state index in [0.29, 0.717) is 4.80 Å². The van der Waals surface area contributed by atoms with Crippen molar-refractivity contribution in [3.8, 4) is 15.6 Å². The third kappa shape index (κ3) is 3.05. The van der Waals surface area contributed by atoms with Crippen molar-refractivity contribution in [1.82, 2.24) is 14.5 Å². The molecule has 0 spiro atoms. The Morgan fingerprint density at radius 2 is 2.04 bits per heavy atom. The largest absolute Gasteiger partial charge is 0.346 e. The van der Waals surface area contributed by atoms with Crippen LogP contribution in [0.5, 0.6) is 0 Å². The predicted molar refractivity (Wildman–Crippen MR) is 96.5 cm³/mol. The van der Waals surface area contributed by atoms with Crippen molar-refractivity contribution in [2.75, 3.05) is 13.1 Å². The van der Waals surface area contributed by atoms with Gasteiger partial charge in [0, 0.05) is 30.9 Å². The van der Waals surface area contributed by atoms with E-state index in [-0.39, 0.29) is 6.03 Å². The molecule has 1 aliphatic rings. The molecule has 3 aromatic rings. The monoisotopic (exact) mass is 356 g/mol. The summed E-state index contributed by atoms with van der Waals surface area (Å²) in [6.07, 6.45) is 5.89. The van der Waals surface area contributed by atoms with Gasteiger partial charge in [-0.25, -0.2) is 4.79 Å². The van der Waals surface area contributed by atoms with Gasteiger partial charge in [0.1, 0.15) is 5.00 Å². The summed E-state index contributed by atoms with van der Waals surface area (Å²) in [6, 6.07) is 9.85. The number of carbonyl (C=O) groups is 1. The van der Waals surface area contributed by atoms with Gasteiger partial charge in [0.2, 0.25) is 0 Å². The lowest BCUT2D eigenvalue weighted by atomic mass is 10.3. The van der Waals surface area contributed by atoms with Crippen molar-refractivity contribution in [2.24, 2.45) is 4.99 Å². The van der Waals surface area contributed by atoms with Gasteiger partial charge in [-0.15, -0.1) is 22.7 Å². The van der Waals surface area contributed by atoms with Crippen LogP contribution in [0.4, 0.5) is 4.79 Å². The molecule has 0 radical (unpaired) electrons. The fourth-order valence-corrected chi connectivity index (χ4v) is 4.42. The number of carbonyl (C=O) groups excluding carboxylic acids is 1. The summed E-state index contributed by atoms with van der Waals surface area (Å²) < 4.78 is 1.97. The maximum absolute atomic E-state index is 12.3. The van der Waals surface area contributed by atoms with E-state index >= 15 is 0 Å². The zero-order chi connectivity index (χ0) is 16.4. The molecule has 1 fully saturated rings. The number of thiophene rings is 1. The van der Waals surface area contributed by atoms with E-state index in [1.54, 1.807) is 17.5 Å². The van der Waals surface area contributed by atoms with Crippen LogP contribution in [0.3, 0.4) is 0 Å². The number of hydrogen-bond acceptors (Lipinski definition) is 4. The number of rotatable bonds is 2. The molecule has 0 N–H and O–H groups in total. The number of nitrogens with zero attached hydrogens (tertiary/aromatic N) is 4. The zero-order valence-corrected chi connectivity index (χ0v) is 14.6. The molecule has 7 heteroatoms. The normalized spacial score (nSPS) is 15.2. The van der Waals surface area contributed by atoms with Crippen LogP contribution < -0.4 is 4.80 Å². The lowest BCUT2D eigenvalue weighted by molar-refractivity contribution is 0.218. The molecule has 0 bridgehead atoms. The third-order valence-electron chi connectivity index (χ3n) is 3.90. The van der Waals surface area contributed by atoms with E-state index in [1.165, 1.54) is 11.3 Å². The molecule has 4 rings (SSSR count). The molecule has 5 nitrogen and oxygen atoms in total. The van der Waals surface area contributed by atoms with Gasteiger partial charge in [-0.2, -0.15) is 4.99 Å². The molecule has 0 aromatic carbocycles. The number of aromatic nitrogens is 2. The summed E-state index contributed by atoms with van der Waals surface area (Å²) in [5.74, 6) is 0. The minimum Gasteiger partial charge on any atom is -0.323 e. The van der Waals surface area contributed by atoms with E-state index in [2.05, 4.69) is 16.0 Å². The topological polar surface area (TPSA) is 50.5 Å². The quantitative estimate of drug-likeness (QED) is 0.702. The minimum atomic E-state index is -0.134. The first-order valence-corrected chi connectivity index (χ1v) is 9.52. The van der Waals surface area contributed by atoms with Gasteiger partial charge in [0.25, 0.3) is 0 Å². The number of likely N-dealkylation sites (tertiary alicyclic amines) is 1. The first-order valence-electron chi connectivity index (χ1n) is 7.83. The van der Waals surface area contributed by atoms with Gasteiger partial charge < -0.3 is 4.90 Å². The fourth-order valence-electron chi connectivity index (χ4n) is 2.68. The van der Waals surface area contributed by atoms with Crippen molar-refractivity contribution in [2.45, 2.75) is 12.8 Å². The van der Waals surface area contributed by atoms with Crippen molar-refractivity contribution in [1.29, 1.82) is 0 Å². The Hall–Kier alpha value is -2.25. The summed E-state index contributed by atoms with van der Waals surface area (Å²) in [5, 5.41) is 2.99. The highest BCUT2D eigenvalue weighted by molar-refractivity contribution is 7.18. The van der Waals surface area contributed by atoms with Crippen LogP contribution in [-0.2, 0) is 0 Å². The fraction of sp³-hybridized carbons (Fsp3) is 0.235. The molecule has 0 saturated carbocycles. The maximum atomic E-state index is 12.3. The van der Waals surface area contributed by atoms with Crippen LogP contribution in [0.25, 0.3) is 15.6 Å². The Balaban J connectivity index is 1.65. The van der Waals surface area contributed by atoms with Crippen molar-refractivity contribution < 1.29 is 4.79 Å². The van der Waals surface area contributed by atoms with Gasteiger partial charge in [0.15, 0.2) is 4.80 Å². The highest BCUT2D eigenvalue weighted by atomic mass is 32.1. The molecule has 0 unspecified atom stereocenters. The van der Waals surface area contributed by atoms with Gasteiger partial charge >= 0.3 is 6.03 Å². The summed E-state index contributed by atoms with van der Waals surface area (Å²) >= 11 is 3.12. The van der Waals surface area contributed by atoms with Crippen LogP contribution in [0, 0.1) is 0 Å². The van der Waals surface area contributed by atoms with Crippen LogP contribution in [0.2, 0.25) is 0 Å². The SMILES string of the molecule is O=C(/N=c1\sccn1-c1ccc(-c2ccccn2)s1)N1CCCC1. The van der Waals surface area contributed by atoms with Crippen molar-refractivity contribution in [3.63, 3.8) is 0 Å². The number of amides is 2. The third-order valence-corrected chi connectivity index (χ3v) is 5.77. The molecular weight excluding hydrogens is 340 g/mol. The Morgan fingerprint density at radius 1 is 1.17 bits per heavy atom. The van der Waals surface area contributed by atoms with Crippen LogP contribution in [0.1, 0.15) is 12.8 Å². The first-order chi connectivity index (χ1) is 11.8. The second-order valence-electron chi connectivity index (χ2n) is 5.50. The van der Waals surface area contributed by atoms with E-state index in [4.69, 9.17) is 0 Å². The molecule has 0 atom stereocenters. The molecule has 1 aliphatic heterocycles. The lowest BCUT2D eigenvalue weighted by Crippen LogP contribution is -2.27. The summed E-state index contributed by atoms with van der Waals surface area (Å²) in [4.78, 5) is 24.6. The van der Waals surface area contributed by atoms with Crippen molar-refractivity contribution in [3.05, 3.63) is 52.9 Å². The average Bonchev–Trinajstić information content (AvgIpc) is 3.36. The van der Waals surface area contributed by atoms with Crippen LogP contribution in [0.15, 0.2) is 53.1 Å². The predicted octanol–water partition coefficient (Wildman–Crippen LogP) is 3.78. The minimum absolute atomic E-state index is 0.134. The Labute approximate surface area is 147 Å². The molecule has 122 valence electrons. The van der Waals surface area contributed by atoms with Gasteiger partial charge in [-0.1, -0.05) is 6.07 Å². The van der Waals surface area contributed by atoms with E-state index < -0.39 is 0 Å². The molecule has 24 heavy (non-hydrogen) atoms. The highest BCUT2D eigenvalue weighted by Crippen LogP contribution is 2.28. The molecule has 2 amide bonds. The maximum Gasteiger partial charge on any atom is 0.346 e. The molecule has 3 aromatic heterocycles. The number of urea groups is 1. The summed E-state index contributed by atoms with van der Waals surface area (Å²) in [6.45, 7) is 1.63. The second kappa shape index (κ2) is 6.70. The standard InChI is InChI=1S/C17H16N4OS2/c22-16(20-9-3-4-10-20)19-17-21(11-12-23-17)15-7-6-14(24-15)13-5-1-2-8-18-13/h1-2,5-8,11-12H,3-4,9-10H2/b19-17-. The Bertz CT molecular complexity index is 904.